The highest BCUT2D eigenvalue weighted by Gasteiger charge is 2.04. The highest BCUT2D eigenvalue weighted by molar-refractivity contribution is 5.90. The second-order valence-corrected chi connectivity index (χ2v) is 6.78. The Morgan fingerprint density at radius 1 is 0.853 bits per heavy atom. The van der Waals surface area contributed by atoms with Gasteiger partial charge in [-0.3, -0.25) is 9.59 Å². The molecule has 0 spiro atoms. The van der Waals surface area contributed by atoms with Gasteiger partial charge >= 0.3 is 0 Å². The molecule has 0 aromatic heterocycles. The number of anilines is 1. The number of nitriles is 1. The maximum Gasteiger partial charge on any atom is 0.224 e. The Balaban J connectivity index is 1.93. The van der Waals surface area contributed by atoms with Crippen LogP contribution in [-0.2, 0) is 28.5 Å². The number of amides is 2. The molecule has 9 nitrogen and oxygen atoms in total. The van der Waals surface area contributed by atoms with Gasteiger partial charge in [-0.05, 0) is 30.7 Å². The van der Waals surface area contributed by atoms with Gasteiger partial charge in [-0.15, -0.1) is 6.42 Å². The van der Waals surface area contributed by atoms with E-state index in [1.165, 1.54) is 0 Å². The number of carbonyl (C=O) groups is 2. The van der Waals surface area contributed by atoms with Gasteiger partial charge in [0, 0.05) is 36.6 Å². The van der Waals surface area contributed by atoms with E-state index in [9.17, 15) is 9.59 Å². The minimum absolute atomic E-state index is 0.129. The molecule has 0 bridgehead atoms. The molecule has 1 aromatic rings. The molecular formula is C25H31N3O6. The zero-order chi connectivity index (χ0) is 24.7. The van der Waals surface area contributed by atoms with E-state index in [1.807, 2.05) is 0 Å². The molecule has 2 amide bonds. The molecule has 0 aliphatic rings. The molecule has 0 fully saturated rings. The molecule has 182 valence electrons. The number of terminal acetylenes is 1. The second-order valence-electron chi connectivity index (χ2n) is 6.78. The van der Waals surface area contributed by atoms with E-state index in [0.717, 1.165) is 0 Å². The van der Waals surface area contributed by atoms with Crippen molar-refractivity contribution in [3.63, 3.8) is 0 Å². The number of nitrogens with zero attached hydrogens (tertiary/aromatic N) is 1. The van der Waals surface area contributed by atoms with Crippen LogP contribution in [0.3, 0.4) is 0 Å². The SMILES string of the molecule is C#CCOCCOCCOCCOCCC(=O)NCCCC(=O)Nc1ccc(C#CC#N)cc1. The summed E-state index contributed by atoms with van der Waals surface area (Å²) in [6.45, 7) is 3.65. The van der Waals surface area contributed by atoms with Crippen LogP contribution in [0.15, 0.2) is 24.3 Å². The molecule has 0 radical (unpaired) electrons. The zero-order valence-corrected chi connectivity index (χ0v) is 19.3. The van der Waals surface area contributed by atoms with Crippen LogP contribution in [0, 0.1) is 35.5 Å². The Morgan fingerprint density at radius 2 is 1.47 bits per heavy atom. The molecule has 2 N–H and O–H groups in total. The number of hydrogen-bond donors (Lipinski definition) is 2. The molecule has 0 heterocycles. The summed E-state index contributed by atoms with van der Waals surface area (Å²) in [6.07, 6.45) is 6.11. The second kappa shape index (κ2) is 20.2. The van der Waals surface area contributed by atoms with Gasteiger partial charge in [-0.2, -0.15) is 5.26 Å². The first-order valence-electron chi connectivity index (χ1n) is 11.0. The van der Waals surface area contributed by atoms with Gasteiger partial charge in [0.25, 0.3) is 0 Å². The first-order chi connectivity index (χ1) is 16.7. The molecule has 0 aliphatic carbocycles. The number of rotatable bonds is 18. The van der Waals surface area contributed by atoms with Crippen molar-refractivity contribution in [2.45, 2.75) is 19.3 Å². The largest absolute Gasteiger partial charge is 0.379 e. The average molecular weight is 470 g/mol. The lowest BCUT2D eigenvalue weighted by Gasteiger charge is -2.08. The molecule has 0 aliphatic heterocycles. The number of hydrogen-bond acceptors (Lipinski definition) is 7. The Morgan fingerprint density at radius 3 is 2.09 bits per heavy atom. The smallest absolute Gasteiger partial charge is 0.224 e. The topological polar surface area (TPSA) is 119 Å². The minimum Gasteiger partial charge on any atom is -0.379 e. The Kier molecular flexibility index (Phi) is 17.0. The molecular weight excluding hydrogens is 438 g/mol. The van der Waals surface area contributed by atoms with E-state index in [0.29, 0.717) is 70.5 Å². The lowest BCUT2D eigenvalue weighted by atomic mass is 10.2. The molecule has 0 saturated heterocycles. The first kappa shape index (κ1) is 28.6. The summed E-state index contributed by atoms with van der Waals surface area (Å²) in [4.78, 5) is 23.8. The summed E-state index contributed by atoms with van der Waals surface area (Å²) in [6, 6.07) is 8.64. The number of ether oxygens (including phenoxy) is 4. The fourth-order valence-corrected chi connectivity index (χ4v) is 2.48. The third-order valence-electron chi connectivity index (χ3n) is 4.11. The number of nitrogens with one attached hydrogen (secondary N) is 2. The van der Waals surface area contributed by atoms with E-state index >= 15 is 0 Å². The summed E-state index contributed by atoms with van der Waals surface area (Å²) >= 11 is 0. The lowest BCUT2D eigenvalue weighted by molar-refractivity contribution is -0.122. The van der Waals surface area contributed by atoms with Crippen LogP contribution in [0.5, 0.6) is 0 Å². The fourth-order valence-electron chi connectivity index (χ4n) is 2.48. The van der Waals surface area contributed by atoms with Crippen LogP contribution >= 0.6 is 0 Å². The summed E-state index contributed by atoms with van der Waals surface area (Å²) in [5.41, 5.74) is 1.35. The van der Waals surface area contributed by atoms with Crippen molar-refractivity contribution < 1.29 is 28.5 Å². The van der Waals surface area contributed by atoms with Crippen LogP contribution in [0.1, 0.15) is 24.8 Å². The quantitative estimate of drug-likeness (QED) is 0.247. The first-order valence-corrected chi connectivity index (χ1v) is 11.0. The Labute approximate surface area is 201 Å². The molecule has 0 saturated carbocycles. The van der Waals surface area contributed by atoms with Gasteiger partial charge < -0.3 is 29.6 Å². The van der Waals surface area contributed by atoms with E-state index in [4.69, 9.17) is 30.6 Å². The van der Waals surface area contributed by atoms with E-state index in [2.05, 4.69) is 28.4 Å². The highest BCUT2D eigenvalue weighted by Crippen LogP contribution is 2.09. The van der Waals surface area contributed by atoms with Crippen molar-refractivity contribution in [2.24, 2.45) is 0 Å². The zero-order valence-electron chi connectivity index (χ0n) is 19.3. The van der Waals surface area contributed by atoms with E-state index in [-0.39, 0.29) is 31.3 Å². The molecule has 34 heavy (non-hydrogen) atoms. The molecule has 0 atom stereocenters. The summed E-state index contributed by atoms with van der Waals surface area (Å²) < 4.78 is 21.1. The lowest BCUT2D eigenvalue weighted by Crippen LogP contribution is -2.26. The number of carbonyl (C=O) groups excluding carboxylic acids is 2. The van der Waals surface area contributed by atoms with Crippen LogP contribution in [-0.4, -0.2) is 71.2 Å². The van der Waals surface area contributed by atoms with E-state index < -0.39 is 0 Å². The predicted molar refractivity (Wildman–Crippen MR) is 127 cm³/mol. The van der Waals surface area contributed by atoms with Crippen molar-refractivity contribution in [2.75, 3.05) is 64.7 Å². The van der Waals surface area contributed by atoms with Crippen LogP contribution < -0.4 is 10.6 Å². The Hall–Kier alpha value is -3.39. The summed E-state index contributed by atoms with van der Waals surface area (Å²) in [5.74, 6) is 7.09. The molecule has 1 rings (SSSR count). The van der Waals surface area contributed by atoms with Crippen LogP contribution in [0.2, 0.25) is 0 Å². The fraction of sp³-hybridized carbons (Fsp3) is 0.480. The third kappa shape index (κ3) is 16.3. The standard InChI is InChI=1S/C25H31N3O6/c1-2-14-31-16-18-33-20-21-34-19-17-32-15-11-24(29)27-13-4-6-25(30)28-23-9-7-22(8-10-23)5-3-12-26/h1,7-10H,4,6,11,13-21H2,(H,27,29)(H,28,30). The van der Waals surface area contributed by atoms with Gasteiger partial charge in [0.15, 0.2) is 6.07 Å². The summed E-state index contributed by atoms with van der Waals surface area (Å²) in [7, 11) is 0. The van der Waals surface area contributed by atoms with Crippen LogP contribution in [0.4, 0.5) is 5.69 Å². The minimum atomic E-state index is -0.143. The maximum atomic E-state index is 12.0. The predicted octanol–water partition coefficient (Wildman–Crippen LogP) is 1.49. The van der Waals surface area contributed by atoms with Crippen molar-refractivity contribution in [3.05, 3.63) is 29.8 Å². The molecule has 0 unspecified atom stereocenters. The van der Waals surface area contributed by atoms with Crippen molar-refractivity contribution in [3.8, 4) is 30.3 Å². The van der Waals surface area contributed by atoms with Crippen molar-refractivity contribution in [1.29, 1.82) is 5.26 Å². The average Bonchev–Trinajstić information content (AvgIpc) is 2.84. The van der Waals surface area contributed by atoms with E-state index in [1.54, 1.807) is 30.3 Å². The van der Waals surface area contributed by atoms with Crippen molar-refractivity contribution >= 4 is 17.5 Å². The maximum absolute atomic E-state index is 12.0. The van der Waals surface area contributed by atoms with Crippen molar-refractivity contribution in [1.82, 2.24) is 5.32 Å². The van der Waals surface area contributed by atoms with Gasteiger partial charge in [-0.25, -0.2) is 0 Å². The van der Waals surface area contributed by atoms with Gasteiger partial charge in [-0.1, -0.05) is 11.8 Å². The number of benzene rings is 1. The van der Waals surface area contributed by atoms with Crippen LogP contribution in [0.25, 0.3) is 0 Å². The normalized spacial score (nSPS) is 9.82. The highest BCUT2D eigenvalue weighted by atomic mass is 16.6. The summed E-state index contributed by atoms with van der Waals surface area (Å²) in [5, 5.41) is 14.0. The monoisotopic (exact) mass is 469 g/mol. The third-order valence-corrected chi connectivity index (χ3v) is 4.11. The molecule has 1 aromatic carbocycles. The Bertz CT molecular complexity index is 862. The molecule has 9 heteroatoms. The van der Waals surface area contributed by atoms with Gasteiger partial charge in [0.1, 0.15) is 6.61 Å². The van der Waals surface area contributed by atoms with Gasteiger partial charge in [0.2, 0.25) is 11.8 Å². The van der Waals surface area contributed by atoms with Gasteiger partial charge in [0.05, 0.1) is 46.2 Å².